The number of hydrogen-bond acceptors (Lipinski definition) is 4. The molecule has 1 unspecified atom stereocenters. The van der Waals surface area contributed by atoms with Crippen molar-refractivity contribution in [2.45, 2.75) is 32.2 Å². The summed E-state index contributed by atoms with van der Waals surface area (Å²) >= 11 is 0. The molecule has 92 valence electrons. The zero-order valence-electron chi connectivity index (χ0n) is 10.1. The molecule has 0 aromatic heterocycles. The van der Waals surface area contributed by atoms with Crippen molar-refractivity contribution in [1.29, 1.82) is 0 Å². The molecule has 16 heavy (non-hydrogen) atoms. The number of rotatable bonds is 5. The summed E-state index contributed by atoms with van der Waals surface area (Å²) in [5.74, 6) is 0.739. The minimum atomic E-state index is -0.0868. The van der Waals surface area contributed by atoms with E-state index in [9.17, 15) is 4.79 Å². The van der Waals surface area contributed by atoms with Gasteiger partial charge in [0.1, 0.15) is 0 Å². The first-order valence-electron chi connectivity index (χ1n) is 6.41. The number of esters is 1. The van der Waals surface area contributed by atoms with Crippen LogP contribution in [0.5, 0.6) is 0 Å². The predicted molar refractivity (Wildman–Crippen MR) is 62.2 cm³/mol. The Morgan fingerprint density at radius 1 is 1.44 bits per heavy atom. The summed E-state index contributed by atoms with van der Waals surface area (Å²) in [6.45, 7) is 6.78. The highest BCUT2D eigenvalue weighted by atomic mass is 16.5. The van der Waals surface area contributed by atoms with Crippen molar-refractivity contribution in [3.8, 4) is 0 Å². The van der Waals surface area contributed by atoms with Crippen molar-refractivity contribution < 1.29 is 9.53 Å². The van der Waals surface area contributed by atoms with Crippen LogP contribution in [0.3, 0.4) is 0 Å². The highest BCUT2D eigenvalue weighted by molar-refractivity contribution is 5.69. The molecule has 4 heteroatoms. The first-order valence-corrected chi connectivity index (χ1v) is 6.41. The second-order valence-electron chi connectivity index (χ2n) is 4.75. The Bertz CT molecular complexity index is 237. The number of nitrogens with zero attached hydrogens (tertiary/aromatic N) is 1. The molecule has 3 aliphatic rings. The number of ether oxygens (including phenoxy) is 1. The minimum Gasteiger partial charge on any atom is -0.466 e. The van der Waals surface area contributed by atoms with Crippen molar-refractivity contribution in [3.63, 3.8) is 0 Å². The van der Waals surface area contributed by atoms with E-state index in [1.807, 2.05) is 6.92 Å². The highest BCUT2D eigenvalue weighted by Gasteiger charge is 2.33. The third kappa shape index (κ3) is 2.95. The number of hydrogen-bond donors (Lipinski definition) is 1. The van der Waals surface area contributed by atoms with Crippen LogP contribution in [0.25, 0.3) is 0 Å². The molecular formula is C12H22N2O2. The number of nitrogens with one attached hydrogen (secondary N) is 1. The SMILES string of the molecule is CCOC(=O)CCNC1CN2CCC1CC2. The zero-order valence-corrected chi connectivity index (χ0v) is 10.1. The number of carbonyl (C=O) groups is 1. The van der Waals surface area contributed by atoms with Crippen molar-refractivity contribution in [2.24, 2.45) is 5.92 Å². The third-order valence-electron chi connectivity index (χ3n) is 3.70. The van der Waals surface area contributed by atoms with Gasteiger partial charge in [-0.05, 0) is 38.8 Å². The summed E-state index contributed by atoms with van der Waals surface area (Å²) in [6, 6.07) is 0.594. The minimum absolute atomic E-state index is 0.0868. The second kappa shape index (κ2) is 5.64. The van der Waals surface area contributed by atoms with Gasteiger partial charge in [-0.3, -0.25) is 4.79 Å². The maximum atomic E-state index is 11.2. The van der Waals surface area contributed by atoms with Crippen LogP contribution in [0.2, 0.25) is 0 Å². The summed E-state index contributed by atoms with van der Waals surface area (Å²) in [7, 11) is 0. The lowest BCUT2D eigenvalue weighted by Gasteiger charge is -2.45. The van der Waals surface area contributed by atoms with Gasteiger partial charge in [-0.15, -0.1) is 0 Å². The largest absolute Gasteiger partial charge is 0.466 e. The Kier molecular flexibility index (Phi) is 4.18. The number of fused-ring (bicyclic) bond motifs is 3. The number of piperidine rings is 3. The van der Waals surface area contributed by atoms with Gasteiger partial charge in [-0.1, -0.05) is 0 Å². The van der Waals surface area contributed by atoms with E-state index in [0.29, 0.717) is 19.1 Å². The zero-order chi connectivity index (χ0) is 11.4. The van der Waals surface area contributed by atoms with Crippen molar-refractivity contribution in [3.05, 3.63) is 0 Å². The average Bonchev–Trinajstić information content (AvgIpc) is 2.31. The van der Waals surface area contributed by atoms with E-state index in [1.165, 1.54) is 25.9 Å². The fourth-order valence-corrected chi connectivity index (χ4v) is 2.79. The molecular weight excluding hydrogens is 204 g/mol. The van der Waals surface area contributed by atoms with Crippen LogP contribution in [0.1, 0.15) is 26.2 Å². The molecule has 0 amide bonds. The summed E-state index contributed by atoms with van der Waals surface area (Å²) in [6.07, 6.45) is 3.13. The van der Waals surface area contributed by atoms with Crippen LogP contribution < -0.4 is 5.32 Å². The van der Waals surface area contributed by atoms with Gasteiger partial charge in [0.05, 0.1) is 13.0 Å². The Labute approximate surface area is 97.3 Å². The Balaban J connectivity index is 1.65. The van der Waals surface area contributed by atoms with Gasteiger partial charge in [-0.2, -0.15) is 0 Å². The lowest BCUT2D eigenvalue weighted by atomic mass is 9.84. The Morgan fingerprint density at radius 2 is 2.19 bits per heavy atom. The molecule has 0 spiro atoms. The molecule has 3 heterocycles. The molecule has 0 aromatic carbocycles. The van der Waals surface area contributed by atoms with E-state index >= 15 is 0 Å². The standard InChI is InChI=1S/C12H22N2O2/c1-2-16-12(15)3-6-13-11-9-14-7-4-10(11)5-8-14/h10-11,13H,2-9H2,1H3. The molecule has 0 saturated carbocycles. The molecule has 0 radical (unpaired) electrons. The maximum absolute atomic E-state index is 11.2. The van der Waals surface area contributed by atoms with Crippen molar-refractivity contribution in [1.82, 2.24) is 10.2 Å². The van der Waals surface area contributed by atoms with E-state index in [-0.39, 0.29) is 5.97 Å². The van der Waals surface area contributed by atoms with Gasteiger partial charge in [0.25, 0.3) is 0 Å². The molecule has 0 aromatic rings. The van der Waals surface area contributed by atoms with Crippen LogP contribution in [0, 0.1) is 5.92 Å². The van der Waals surface area contributed by atoms with E-state index in [1.54, 1.807) is 0 Å². The first-order chi connectivity index (χ1) is 7.79. The van der Waals surface area contributed by atoms with Gasteiger partial charge in [0.15, 0.2) is 0 Å². The second-order valence-corrected chi connectivity index (χ2v) is 4.75. The van der Waals surface area contributed by atoms with Gasteiger partial charge in [0.2, 0.25) is 0 Å². The van der Waals surface area contributed by atoms with Gasteiger partial charge < -0.3 is 15.0 Å². The molecule has 0 aliphatic carbocycles. The summed E-state index contributed by atoms with van der Waals surface area (Å²) < 4.78 is 4.90. The smallest absolute Gasteiger partial charge is 0.307 e. The van der Waals surface area contributed by atoms with Gasteiger partial charge >= 0.3 is 5.97 Å². The third-order valence-corrected chi connectivity index (χ3v) is 3.70. The van der Waals surface area contributed by atoms with Crippen molar-refractivity contribution >= 4 is 5.97 Å². The predicted octanol–water partition coefficient (Wildman–Crippen LogP) is 0.623. The van der Waals surface area contributed by atoms with Crippen LogP contribution in [-0.4, -0.2) is 49.7 Å². The fourth-order valence-electron chi connectivity index (χ4n) is 2.79. The van der Waals surface area contributed by atoms with Crippen LogP contribution >= 0.6 is 0 Å². The molecule has 1 N–H and O–H groups in total. The summed E-state index contributed by atoms with van der Waals surface area (Å²) in [5.41, 5.74) is 0. The normalized spacial score (nSPS) is 32.7. The number of carbonyl (C=O) groups excluding carboxylic acids is 1. The van der Waals surface area contributed by atoms with Gasteiger partial charge in [-0.25, -0.2) is 0 Å². The van der Waals surface area contributed by atoms with Crippen LogP contribution in [0.15, 0.2) is 0 Å². The molecule has 3 fully saturated rings. The lowest BCUT2D eigenvalue weighted by Crippen LogP contribution is -2.56. The van der Waals surface area contributed by atoms with E-state index in [4.69, 9.17) is 4.74 Å². The van der Waals surface area contributed by atoms with Crippen molar-refractivity contribution in [2.75, 3.05) is 32.8 Å². The van der Waals surface area contributed by atoms with Gasteiger partial charge in [0, 0.05) is 19.1 Å². The highest BCUT2D eigenvalue weighted by Crippen LogP contribution is 2.27. The summed E-state index contributed by atoms with van der Waals surface area (Å²) in [5, 5.41) is 3.50. The summed E-state index contributed by atoms with van der Waals surface area (Å²) in [4.78, 5) is 13.7. The quantitative estimate of drug-likeness (QED) is 0.698. The molecule has 1 atom stereocenters. The monoisotopic (exact) mass is 226 g/mol. The Morgan fingerprint density at radius 3 is 2.75 bits per heavy atom. The molecule has 2 bridgehead atoms. The molecule has 3 rings (SSSR count). The Hall–Kier alpha value is -0.610. The van der Waals surface area contributed by atoms with E-state index < -0.39 is 0 Å². The van der Waals surface area contributed by atoms with Crippen LogP contribution in [0.4, 0.5) is 0 Å². The molecule has 3 aliphatic heterocycles. The fraction of sp³-hybridized carbons (Fsp3) is 0.917. The molecule has 3 saturated heterocycles. The van der Waals surface area contributed by atoms with E-state index in [0.717, 1.165) is 19.0 Å². The lowest BCUT2D eigenvalue weighted by molar-refractivity contribution is -0.143. The maximum Gasteiger partial charge on any atom is 0.307 e. The van der Waals surface area contributed by atoms with Crippen LogP contribution in [-0.2, 0) is 9.53 Å². The molecule has 4 nitrogen and oxygen atoms in total. The average molecular weight is 226 g/mol. The topological polar surface area (TPSA) is 41.6 Å². The first kappa shape index (κ1) is 11.9. The van der Waals surface area contributed by atoms with E-state index in [2.05, 4.69) is 10.2 Å².